The van der Waals surface area contributed by atoms with Gasteiger partial charge in [0.25, 0.3) is 11.8 Å². The number of nitrogens with one attached hydrogen (secondary N) is 2. The minimum absolute atomic E-state index is 0.369. The van der Waals surface area contributed by atoms with Crippen molar-refractivity contribution in [3.05, 3.63) is 58.6 Å². The molecule has 0 saturated carbocycles. The molecule has 0 saturated heterocycles. The molecule has 126 valence electrons. The Labute approximate surface area is 148 Å². The molecule has 2 atom stereocenters. The van der Waals surface area contributed by atoms with Crippen LogP contribution in [-0.2, 0) is 9.59 Å². The van der Waals surface area contributed by atoms with Gasteiger partial charge in [-0.05, 0) is 48.5 Å². The largest absolute Gasteiger partial charge is 0.380 e. The van der Waals surface area contributed by atoms with E-state index in [9.17, 15) is 19.8 Å². The van der Waals surface area contributed by atoms with Gasteiger partial charge in [-0.15, -0.1) is 0 Å². The molecule has 0 spiro atoms. The third-order valence-electron chi connectivity index (χ3n) is 3.06. The molecule has 0 aliphatic carbocycles. The van der Waals surface area contributed by atoms with E-state index < -0.39 is 24.0 Å². The molecule has 2 amide bonds. The maximum Gasteiger partial charge on any atom is 0.256 e. The normalized spacial score (nSPS) is 13.0. The molecule has 2 aromatic rings. The van der Waals surface area contributed by atoms with Crippen LogP contribution in [-0.4, -0.2) is 34.2 Å². The molecule has 2 unspecified atom stereocenters. The molecule has 6 nitrogen and oxygen atoms in total. The summed E-state index contributed by atoms with van der Waals surface area (Å²) in [4.78, 5) is 23.8. The summed E-state index contributed by atoms with van der Waals surface area (Å²) in [7, 11) is 0. The van der Waals surface area contributed by atoms with Gasteiger partial charge in [-0.2, -0.15) is 0 Å². The highest BCUT2D eigenvalue weighted by molar-refractivity contribution is 6.31. The molecule has 0 radical (unpaired) electrons. The predicted octanol–water partition coefficient (Wildman–Crippen LogP) is 2.29. The third kappa shape index (κ3) is 4.94. The average molecular weight is 369 g/mol. The molecular formula is C16H14Cl2N2O4. The number of benzene rings is 2. The molecular weight excluding hydrogens is 355 g/mol. The minimum atomic E-state index is -1.94. The maximum absolute atomic E-state index is 11.9. The zero-order valence-electron chi connectivity index (χ0n) is 12.2. The Bertz CT molecular complexity index is 656. The Morgan fingerprint density at radius 2 is 1.00 bits per heavy atom. The Hall–Kier alpha value is -2.12. The number of amides is 2. The van der Waals surface area contributed by atoms with Crippen LogP contribution in [0.25, 0.3) is 0 Å². The monoisotopic (exact) mass is 368 g/mol. The van der Waals surface area contributed by atoms with Gasteiger partial charge in [0.05, 0.1) is 0 Å². The SMILES string of the molecule is O=C(Nc1ccc(Cl)cc1)C(O)C(O)C(=O)Nc1ccc(Cl)cc1. The molecule has 2 aromatic carbocycles. The van der Waals surface area contributed by atoms with Crippen LogP contribution < -0.4 is 10.6 Å². The number of aliphatic hydroxyl groups is 2. The van der Waals surface area contributed by atoms with Gasteiger partial charge in [-0.25, -0.2) is 0 Å². The second-order valence-corrected chi connectivity index (χ2v) is 5.75. The fourth-order valence-corrected chi connectivity index (χ4v) is 2.04. The second-order valence-electron chi connectivity index (χ2n) is 4.88. The van der Waals surface area contributed by atoms with Crippen LogP contribution >= 0.6 is 23.2 Å². The number of anilines is 2. The molecule has 0 aliphatic heterocycles. The summed E-state index contributed by atoms with van der Waals surface area (Å²) in [5.74, 6) is -1.84. The van der Waals surface area contributed by atoms with E-state index in [0.29, 0.717) is 21.4 Å². The topological polar surface area (TPSA) is 98.7 Å². The summed E-state index contributed by atoms with van der Waals surface area (Å²) in [5, 5.41) is 25.4. The zero-order chi connectivity index (χ0) is 17.7. The lowest BCUT2D eigenvalue weighted by molar-refractivity contribution is -0.139. The second kappa shape index (κ2) is 8.12. The lowest BCUT2D eigenvalue weighted by atomic mass is 10.1. The van der Waals surface area contributed by atoms with Gasteiger partial charge in [0.2, 0.25) is 0 Å². The van der Waals surface area contributed by atoms with Crippen molar-refractivity contribution < 1.29 is 19.8 Å². The lowest BCUT2D eigenvalue weighted by Gasteiger charge is -2.17. The van der Waals surface area contributed by atoms with E-state index in [2.05, 4.69) is 10.6 Å². The lowest BCUT2D eigenvalue weighted by Crippen LogP contribution is -2.45. The van der Waals surface area contributed by atoms with Gasteiger partial charge < -0.3 is 20.8 Å². The first-order valence-electron chi connectivity index (χ1n) is 6.86. The highest BCUT2D eigenvalue weighted by atomic mass is 35.5. The number of hydrogen-bond donors (Lipinski definition) is 4. The first kappa shape index (κ1) is 18.2. The quantitative estimate of drug-likeness (QED) is 0.650. The number of carbonyl (C=O) groups excluding carboxylic acids is 2. The van der Waals surface area contributed by atoms with Gasteiger partial charge in [-0.1, -0.05) is 23.2 Å². The fourth-order valence-electron chi connectivity index (χ4n) is 1.79. The van der Waals surface area contributed by atoms with Crippen molar-refractivity contribution in [3.63, 3.8) is 0 Å². The van der Waals surface area contributed by atoms with Crippen molar-refractivity contribution in [3.8, 4) is 0 Å². The van der Waals surface area contributed by atoms with E-state index in [0.717, 1.165) is 0 Å². The van der Waals surface area contributed by atoms with Crippen LogP contribution in [0.2, 0.25) is 10.0 Å². The van der Waals surface area contributed by atoms with E-state index in [1.165, 1.54) is 24.3 Å². The summed E-state index contributed by atoms with van der Waals surface area (Å²) in [5.41, 5.74) is 0.738. The molecule has 0 heterocycles. The molecule has 0 aliphatic rings. The number of carbonyl (C=O) groups is 2. The van der Waals surface area contributed by atoms with E-state index in [4.69, 9.17) is 23.2 Å². The third-order valence-corrected chi connectivity index (χ3v) is 3.56. The van der Waals surface area contributed by atoms with Gasteiger partial charge in [0.15, 0.2) is 12.2 Å². The minimum Gasteiger partial charge on any atom is -0.380 e. The fraction of sp³-hybridized carbons (Fsp3) is 0.125. The van der Waals surface area contributed by atoms with Crippen molar-refractivity contribution in [1.82, 2.24) is 0 Å². The molecule has 24 heavy (non-hydrogen) atoms. The Morgan fingerprint density at radius 1 is 0.708 bits per heavy atom. The van der Waals surface area contributed by atoms with Crippen LogP contribution in [0.15, 0.2) is 48.5 Å². The van der Waals surface area contributed by atoms with Crippen LogP contribution in [0, 0.1) is 0 Å². The van der Waals surface area contributed by atoms with Crippen LogP contribution in [0.1, 0.15) is 0 Å². The van der Waals surface area contributed by atoms with Crippen molar-refractivity contribution >= 4 is 46.4 Å². The van der Waals surface area contributed by atoms with Gasteiger partial charge >= 0.3 is 0 Å². The number of hydrogen-bond acceptors (Lipinski definition) is 4. The van der Waals surface area contributed by atoms with Gasteiger partial charge in [-0.3, -0.25) is 9.59 Å². The van der Waals surface area contributed by atoms with Crippen molar-refractivity contribution in [2.45, 2.75) is 12.2 Å². The average Bonchev–Trinajstić information content (AvgIpc) is 2.57. The maximum atomic E-state index is 11.9. The smallest absolute Gasteiger partial charge is 0.256 e. The van der Waals surface area contributed by atoms with E-state index in [-0.39, 0.29) is 0 Å². The Kier molecular flexibility index (Phi) is 6.16. The standard InChI is InChI=1S/C16H14Cl2N2O4/c17-9-1-5-11(6-2-9)19-15(23)13(21)14(22)16(24)20-12-7-3-10(18)4-8-12/h1-8,13-14,21-22H,(H,19,23)(H,20,24). The highest BCUT2D eigenvalue weighted by Crippen LogP contribution is 2.15. The van der Waals surface area contributed by atoms with Crippen molar-refractivity contribution in [1.29, 1.82) is 0 Å². The van der Waals surface area contributed by atoms with Gasteiger partial charge in [0, 0.05) is 21.4 Å². The molecule has 0 bridgehead atoms. The van der Waals surface area contributed by atoms with Gasteiger partial charge in [0.1, 0.15) is 0 Å². The number of aliphatic hydroxyl groups excluding tert-OH is 2. The van der Waals surface area contributed by atoms with Crippen molar-refractivity contribution in [2.75, 3.05) is 10.6 Å². The first-order chi connectivity index (χ1) is 11.4. The van der Waals surface area contributed by atoms with E-state index in [1.807, 2.05) is 0 Å². The Morgan fingerprint density at radius 3 is 1.29 bits per heavy atom. The molecule has 2 rings (SSSR count). The van der Waals surface area contributed by atoms with Crippen LogP contribution in [0.3, 0.4) is 0 Å². The van der Waals surface area contributed by atoms with Crippen LogP contribution in [0.4, 0.5) is 11.4 Å². The van der Waals surface area contributed by atoms with E-state index >= 15 is 0 Å². The summed E-state index contributed by atoms with van der Waals surface area (Å²) in [6.45, 7) is 0. The predicted molar refractivity (Wildman–Crippen MR) is 92.2 cm³/mol. The summed E-state index contributed by atoms with van der Waals surface area (Å²) in [6.07, 6.45) is -3.87. The van der Waals surface area contributed by atoms with Crippen LogP contribution in [0.5, 0.6) is 0 Å². The van der Waals surface area contributed by atoms with E-state index in [1.54, 1.807) is 24.3 Å². The summed E-state index contributed by atoms with van der Waals surface area (Å²) >= 11 is 11.5. The molecule has 0 fully saturated rings. The summed E-state index contributed by atoms with van der Waals surface area (Å²) in [6, 6.07) is 12.3. The molecule has 8 heteroatoms. The number of rotatable bonds is 5. The first-order valence-corrected chi connectivity index (χ1v) is 7.61. The zero-order valence-corrected chi connectivity index (χ0v) is 13.8. The molecule has 0 aromatic heterocycles. The number of halogens is 2. The summed E-state index contributed by atoms with van der Waals surface area (Å²) < 4.78 is 0. The molecule has 4 N–H and O–H groups in total. The Balaban J connectivity index is 1.95. The van der Waals surface area contributed by atoms with Crippen molar-refractivity contribution in [2.24, 2.45) is 0 Å². The highest BCUT2D eigenvalue weighted by Gasteiger charge is 2.30.